The summed E-state index contributed by atoms with van der Waals surface area (Å²) in [6, 6.07) is 16.2. The number of nitrogens with zero attached hydrogens (tertiary/aromatic N) is 3. The largest absolute Gasteiger partial charge is 0.359 e. The zero-order chi connectivity index (χ0) is 14.2. The third kappa shape index (κ3) is 1.94. The van der Waals surface area contributed by atoms with Gasteiger partial charge in [-0.25, -0.2) is 9.97 Å². The predicted octanol–water partition coefficient (Wildman–Crippen LogP) is 3.00. The van der Waals surface area contributed by atoms with Crippen LogP contribution in [-0.4, -0.2) is 26.6 Å². The maximum atomic E-state index is 4.64. The van der Waals surface area contributed by atoms with Gasteiger partial charge in [0.2, 0.25) is 5.95 Å². The standard InChI is InChI=1S/C16H15N5/c1-17-16-20-13-8-4-5-9-14(13)21(16)10-15-18-11-6-2-3-7-12(11)19-15/h2-9H,10H2,1H3,(H,17,20)(H,18,19). The Labute approximate surface area is 121 Å². The van der Waals surface area contributed by atoms with Crippen LogP contribution in [-0.2, 0) is 6.54 Å². The fourth-order valence-electron chi connectivity index (χ4n) is 2.66. The van der Waals surface area contributed by atoms with Gasteiger partial charge < -0.3 is 14.9 Å². The van der Waals surface area contributed by atoms with Gasteiger partial charge in [0.05, 0.1) is 28.6 Å². The van der Waals surface area contributed by atoms with E-state index < -0.39 is 0 Å². The maximum absolute atomic E-state index is 4.64. The van der Waals surface area contributed by atoms with Crippen LogP contribution in [0.3, 0.4) is 0 Å². The van der Waals surface area contributed by atoms with E-state index in [1.807, 2.05) is 49.5 Å². The van der Waals surface area contributed by atoms with Gasteiger partial charge in [-0.2, -0.15) is 0 Å². The van der Waals surface area contributed by atoms with Crippen LogP contribution in [0.4, 0.5) is 5.95 Å². The Morgan fingerprint density at radius 3 is 2.57 bits per heavy atom. The minimum Gasteiger partial charge on any atom is -0.359 e. The summed E-state index contributed by atoms with van der Waals surface area (Å²) in [5.74, 6) is 1.77. The average molecular weight is 277 g/mol. The van der Waals surface area contributed by atoms with Crippen LogP contribution >= 0.6 is 0 Å². The molecule has 0 aliphatic rings. The van der Waals surface area contributed by atoms with E-state index >= 15 is 0 Å². The molecule has 4 rings (SSSR count). The van der Waals surface area contributed by atoms with Gasteiger partial charge in [-0.05, 0) is 24.3 Å². The Morgan fingerprint density at radius 2 is 1.76 bits per heavy atom. The van der Waals surface area contributed by atoms with E-state index in [1.54, 1.807) is 0 Å². The van der Waals surface area contributed by atoms with E-state index in [0.29, 0.717) is 6.54 Å². The molecule has 0 amide bonds. The van der Waals surface area contributed by atoms with Crippen LogP contribution in [0.25, 0.3) is 22.1 Å². The third-order valence-corrected chi connectivity index (χ3v) is 3.62. The van der Waals surface area contributed by atoms with Gasteiger partial charge in [-0.1, -0.05) is 24.3 Å². The molecule has 2 N–H and O–H groups in total. The summed E-state index contributed by atoms with van der Waals surface area (Å²) in [5.41, 5.74) is 4.13. The Hall–Kier alpha value is -2.82. The van der Waals surface area contributed by atoms with Crippen LogP contribution < -0.4 is 5.32 Å². The van der Waals surface area contributed by atoms with Gasteiger partial charge in [-0.3, -0.25) is 0 Å². The lowest BCUT2D eigenvalue weighted by Crippen LogP contribution is -2.06. The van der Waals surface area contributed by atoms with E-state index in [4.69, 9.17) is 0 Å². The Balaban J connectivity index is 1.82. The summed E-state index contributed by atoms with van der Waals surface area (Å²) in [7, 11) is 1.89. The molecule has 0 spiro atoms. The molecule has 2 heterocycles. The molecule has 0 aliphatic heterocycles. The summed E-state index contributed by atoms with van der Waals surface area (Å²) in [4.78, 5) is 12.6. The number of para-hydroxylation sites is 4. The molecule has 104 valence electrons. The van der Waals surface area contributed by atoms with Crippen molar-refractivity contribution in [1.82, 2.24) is 19.5 Å². The zero-order valence-corrected chi connectivity index (χ0v) is 11.7. The molecule has 0 fully saturated rings. The third-order valence-electron chi connectivity index (χ3n) is 3.62. The summed E-state index contributed by atoms with van der Waals surface area (Å²) >= 11 is 0. The maximum Gasteiger partial charge on any atom is 0.204 e. The van der Waals surface area contributed by atoms with E-state index in [-0.39, 0.29) is 0 Å². The highest BCUT2D eigenvalue weighted by Crippen LogP contribution is 2.21. The highest BCUT2D eigenvalue weighted by molar-refractivity contribution is 5.79. The second kappa shape index (κ2) is 4.63. The smallest absolute Gasteiger partial charge is 0.204 e. The topological polar surface area (TPSA) is 58.5 Å². The minimum absolute atomic E-state index is 0.658. The van der Waals surface area contributed by atoms with Gasteiger partial charge >= 0.3 is 0 Å². The number of benzene rings is 2. The predicted molar refractivity (Wildman–Crippen MR) is 84.5 cm³/mol. The van der Waals surface area contributed by atoms with Crippen molar-refractivity contribution in [3.63, 3.8) is 0 Å². The Kier molecular flexibility index (Phi) is 2.64. The fourth-order valence-corrected chi connectivity index (χ4v) is 2.66. The first-order chi connectivity index (χ1) is 10.3. The average Bonchev–Trinajstić information content (AvgIpc) is 3.08. The molecule has 0 unspecified atom stereocenters. The molecule has 0 atom stereocenters. The number of hydrogen-bond donors (Lipinski definition) is 2. The van der Waals surface area contributed by atoms with E-state index in [2.05, 4.69) is 30.9 Å². The van der Waals surface area contributed by atoms with Gasteiger partial charge in [0.15, 0.2) is 0 Å². The highest BCUT2D eigenvalue weighted by Gasteiger charge is 2.11. The lowest BCUT2D eigenvalue weighted by Gasteiger charge is -2.06. The van der Waals surface area contributed by atoms with Crippen molar-refractivity contribution < 1.29 is 0 Å². The first-order valence-corrected chi connectivity index (χ1v) is 6.92. The van der Waals surface area contributed by atoms with Gasteiger partial charge in [0, 0.05) is 7.05 Å². The first kappa shape index (κ1) is 12.0. The number of nitrogens with one attached hydrogen (secondary N) is 2. The lowest BCUT2D eigenvalue weighted by atomic mass is 10.3. The summed E-state index contributed by atoms with van der Waals surface area (Å²) in [6.45, 7) is 0.658. The van der Waals surface area contributed by atoms with Crippen LogP contribution in [0, 0.1) is 0 Å². The fraction of sp³-hybridized carbons (Fsp3) is 0.125. The molecule has 0 saturated heterocycles. The van der Waals surface area contributed by atoms with Gasteiger partial charge in [0.25, 0.3) is 0 Å². The van der Waals surface area contributed by atoms with Crippen molar-refractivity contribution in [2.45, 2.75) is 6.54 Å². The van der Waals surface area contributed by atoms with Gasteiger partial charge in [-0.15, -0.1) is 0 Å². The lowest BCUT2D eigenvalue weighted by molar-refractivity contribution is 0.788. The molecule has 4 aromatic rings. The number of fused-ring (bicyclic) bond motifs is 2. The number of imidazole rings is 2. The number of aromatic amines is 1. The molecule has 0 saturated carbocycles. The molecule has 0 radical (unpaired) electrons. The SMILES string of the molecule is CNc1nc2ccccc2n1Cc1nc2ccccc2[nH]1. The van der Waals surface area contributed by atoms with E-state index in [0.717, 1.165) is 33.8 Å². The van der Waals surface area contributed by atoms with Crippen LogP contribution in [0.5, 0.6) is 0 Å². The normalized spacial score (nSPS) is 11.3. The van der Waals surface area contributed by atoms with Crippen molar-refractivity contribution in [2.24, 2.45) is 0 Å². The zero-order valence-electron chi connectivity index (χ0n) is 11.7. The van der Waals surface area contributed by atoms with Crippen molar-refractivity contribution in [3.8, 4) is 0 Å². The molecule has 2 aromatic carbocycles. The molecular weight excluding hydrogens is 262 g/mol. The number of H-pyrrole nitrogens is 1. The van der Waals surface area contributed by atoms with Crippen LogP contribution in [0.15, 0.2) is 48.5 Å². The molecule has 0 bridgehead atoms. The molecule has 0 aliphatic carbocycles. The molecular formula is C16H15N5. The molecule has 21 heavy (non-hydrogen) atoms. The monoisotopic (exact) mass is 277 g/mol. The molecule has 5 heteroatoms. The van der Waals surface area contributed by atoms with Crippen molar-refractivity contribution in [2.75, 3.05) is 12.4 Å². The van der Waals surface area contributed by atoms with Crippen molar-refractivity contribution >= 4 is 28.0 Å². The van der Waals surface area contributed by atoms with Crippen molar-refractivity contribution in [1.29, 1.82) is 0 Å². The molecule has 5 nitrogen and oxygen atoms in total. The van der Waals surface area contributed by atoms with Crippen LogP contribution in [0.1, 0.15) is 5.82 Å². The van der Waals surface area contributed by atoms with E-state index in [9.17, 15) is 0 Å². The number of hydrogen-bond acceptors (Lipinski definition) is 3. The molecule has 2 aromatic heterocycles. The number of aromatic nitrogens is 4. The van der Waals surface area contributed by atoms with Gasteiger partial charge in [0.1, 0.15) is 5.82 Å². The summed E-state index contributed by atoms with van der Waals surface area (Å²) in [5, 5.41) is 3.15. The Morgan fingerprint density at radius 1 is 1.00 bits per heavy atom. The van der Waals surface area contributed by atoms with Crippen molar-refractivity contribution in [3.05, 3.63) is 54.4 Å². The quantitative estimate of drug-likeness (QED) is 0.605. The highest BCUT2D eigenvalue weighted by atomic mass is 15.2. The Bertz CT molecular complexity index is 886. The van der Waals surface area contributed by atoms with E-state index in [1.165, 1.54) is 0 Å². The first-order valence-electron chi connectivity index (χ1n) is 6.92. The second-order valence-electron chi connectivity index (χ2n) is 4.96. The number of anilines is 1. The summed E-state index contributed by atoms with van der Waals surface area (Å²) < 4.78 is 2.13. The second-order valence-corrected chi connectivity index (χ2v) is 4.96. The minimum atomic E-state index is 0.658. The summed E-state index contributed by atoms with van der Waals surface area (Å²) in [6.07, 6.45) is 0. The number of rotatable bonds is 3. The van der Waals surface area contributed by atoms with Crippen LogP contribution in [0.2, 0.25) is 0 Å².